The maximum absolute atomic E-state index is 14.1. The van der Waals surface area contributed by atoms with E-state index in [0.717, 1.165) is 43.5 Å². The second kappa shape index (κ2) is 5.71. The van der Waals surface area contributed by atoms with E-state index < -0.39 is 5.60 Å². The van der Waals surface area contributed by atoms with Gasteiger partial charge in [-0.05, 0) is 74.1 Å². The van der Waals surface area contributed by atoms with Gasteiger partial charge in [0.15, 0.2) is 0 Å². The van der Waals surface area contributed by atoms with Crippen molar-refractivity contribution in [1.82, 2.24) is 4.90 Å². The fourth-order valence-corrected chi connectivity index (χ4v) is 5.02. The Morgan fingerprint density at radius 1 is 1.32 bits per heavy atom. The van der Waals surface area contributed by atoms with Gasteiger partial charge in [0, 0.05) is 9.84 Å². The topological polar surface area (TPSA) is 23.5 Å². The van der Waals surface area contributed by atoms with Gasteiger partial charge in [0.2, 0.25) is 0 Å². The normalized spacial score (nSPS) is 28.8. The molecule has 1 fully saturated rings. The molecule has 1 unspecified atom stereocenters. The number of alkyl halides is 1. The number of fused-ring (bicyclic) bond motifs is 1. The first-order chi connectivity index (χ1) is 10.3. The minimum absolute atomic E-state index is 0.128. The minimum atomic E-state index is -0.835. The van der Waals surface area contributed by atoms with Gasteiger partial charge in [0.1, 0.15) is 5.82 Å². The number of aliphatic hydroxyl groups is 1. The van der Waals surface area contributed by atoms with Crippen molar-refractivity contribution in [2.75, 3.05) is 20.1 Å². The lowest BCUT2D eigenvalue weighted by molar-refractivity contribution is -0.121. The number of halogens is 2. The van der Waals surface area contributed by atoms with Gasteiger partial charge >= 0.3 is 0 Å². The molecule has 1 atom stereocenters. The Morgan fingerprint density at radius 2 is 1.95 bits per heavy atom. The summed E-state index contributed by atoms with van der Waals surface area (Å²) in [5.74, 6) is 0.129. The molecule has 1 aliphatic carbocycles. The second-order valence-electron chi connectivity index (χ2n) is 7.64. The van der Waals surface area contributed by atoms with E-state index in [1.165, 1.54) is 0 Å². The number of benzene rings is 1. The lowest BCUT2D eigenvalue weighted by Crippen LogP contribution is -2.49. The van der Waals surface area contributed by atoms with Crippen LogP contribution in [-0.2, 0) is 16.4 Å². The van der Waals surface area contributed by atoms with Crippen LogP contribution in [0.3, 0.4) is 0 Å². The molecule has 2 nitrogen and oxygen atoms in total. The summed E-state index contributed by atoms with van der Waals surface area (Å²) in [5.41, 5.74) is 1.62. The Morgan fingerprint density at radius 3 is 2.55 bits per heavy atom. The fourth-order valence-electron chi connectivity index (χ4n) is 4.44. The molecule has 1 aliphatic heterocycles. The molecule has 1 heterocycles. The zero-order valence-electron chi connectivity index (χ0n) is 13.6. The summed E-state index contributed by atoms with van der Waals surface area (Å²) in [6.45, 7) is 6.32. The summed E-state index contributed by atoms with van der Waals surface area (Å²) in [6, 6.07) is 3.60. The molecular weight excluding hydrogens is 392 g/mol. The number of rotatable bonds is 2. The SMILES string of the molecule is CN1CCC(C2(O)c3cc(CI)c(F)cc3CC2(C)C)CC1. The van der Waals surface area contributed by atoms with Crippen molar-refractivity contribution >= 4 is 22.6 Å². The first-order valence-corrected chi connectivity index (χ1v) is 9.61. The molecule has 0 bridgehead atoms. The first-order valence-electron chi connectivity index (χ1n) is 8.08. The Kier molecular flexibility index (Phi) is 4.32. The summed E-state index contributed by atoms with van der Waals surface area (Å²) in [6.07, 6.45) is 2.77. The molecule has 0 spiro atoms. The molecule has 1 N–H and O–H groups in total. The molecule has 1 aromatic carbocycles. The highest BCUT2D eigenvalue weighted by Crippen LogP contribution is 2.56. The maximum atomic E-state index is 14.1. The summed E-state index contributed by atoms with van der Waals surface area (Å²) >= 11 is 2.19. The Balaban J connectivity index is 2.07. The third-order valence-corrected chi connectivity index (χ3v) is 6.62. The van der Waals surface area contributed by atoms with Crippen LogP contribution in [0.5, 0.6) is 0 Å². The molecule has 0 radical (unpaired) electrons. The number of nitrogens with zero attached hydrogens (tertiary/aromatic N) is 1. The zero-order valence-corrected chi connectivity index (χ0v) is 15.8. The number of hydrogen-bond donors (Lipinski definition) is 1. The molecule has 0 saturated carbocycles. The van der Waals surface area contributed by atoms with E-state index in [9.17, 15) is 9.50 Å². The van der Waals surface area contributed by atoms with E-state index in [1.54, 1.807) is 6.07 Å². The van der Waals surface area contributed by atoms with E-state index >= 15 is 0 Å². The molecule has 2 aliphatic rings. The van der Waals surface area contributed by atoms with Crippen LogP contribution in [0.4, 0.5) is 4.39 Å². The van der Waals surface area contributed by atoms with Crippen LogP contribution in [0.2, 0.25) is 0 Å². The molecule has 0 aromatic heterocycles. The molecule has 4 heteroatoms. The number of piperidine rings is 1. The van der Waals surface area contributed by atoms with Gasteiger partial charge in [-0.15, -0.1) is 0 Å². The van der Waals surface area contributed by atoms with Crippen molar-refractivity contribution in [2.45, 2.75) is 43.1 Å². The van der Waals surface area contributed by atoms with Crippen LogP contribution in [0.1, 0.15) is 43.4 Å². The zero-order chi connectivity index (χ0) is 16.1. The van der Waals surface area contributed by atoms with E-state index in [-0.39, 0.29) is 17.2 Å². The smallest absolute Gasteiger partial charge is 0.127 e. The average Bonchev–Trinajstić information content (AvgIpc) is 2.66. The summed E-state index contributed by atoms with van der Waals surface area (Å²) in [4.78, 5) is 2.32. The predicted molar refractivity (Wildman–Crippen MR) is 95.7 cm³/mol. The van der Waals surface area contributed by atoms with Crippen LogP contribution in [0.25, 0.3) is 0 Å². The summed E-state index contributed by atoms with van der Waals surface area (Å²) in [7, 11) is 2.14. The van der Waals surface area contributed by atoms with Crippen LogP contribution in [0, 0.1) is 17.2 Å². The Labute approximate surface area is 146 Å². The summed E-state index contributed by atoms with van der Waals surface area (Å²) < 4.78 is 14.8. The van der Waals surface area contributed by atoms with E-state index in [0.29, 0.717) is 9.99 Å². The van der Waals surface area contributed by atoms with Crippen LogP contribution < -0.4 is 0 Å². The highest BCUT2D eigenvalue weighted by Gasteiger charge is 2.55. The van der Waals surface area contributed by atoms with Crippen molar-refractivity contribution in [3.63, 3.8) is 0 Å². The molecule has 3 rings (SSSR count). The lowest BCUT2D eigenvalue weighted by atomic mass is 9.65. The monoisotopic (exact) mass is 417 g/mol. The second-order valence-corrected chi connectivity index (χ2v) is 8.40. The highest BCUT2D eigenvalue weighted by atomic mass is 127. The van der Waals surface area contributed by atoms with E-state index in [2.05, 4.69) is 48.4 Å². The van der Waals surface area contributed by atoms with Gasteiger partial charge < -0.3 is 10.0 Å². The Hall–Kier alpha value is -0.200. The van der Waals surface area contributed by atoms with Gasteiger partial charge in [-0.2, -0.15) is 0 Å². The van der Waals surface area contributed by atoms with Crippen molar-refractivity contribution in [3.05, 3.63) is 34.6 Å². The van der Waals surface area contributed by atoms with Crippen molar-refractivity contribution in [1.29, 1.82) is 0 Å². The van der Waals surface area contributed by atoms with E-state index in [4.69, 9.17) is 0 Å². The van der Waals surface area contributed by atoms with Crippen LogP contribution in [-0.4, -0.2) is 30.1 Å². The fraction of sp³-hybridized carbons (Fsp3) is 0.667. The standard InChI is InChI=1S/C18H25FINO/c1-17(2)10-12-9-16(19)13(11-20)8-15(12)18(17,22)14-4-6-21(3)7-5-14/h8-9,14,22H,4-7,10-11H2,1-3H3. The van der Waals surface area contributed by atoms with Crippen molar-refractivity contribution in [2.24, 2.45) is 11.3 Å². The average molecular weight is 417 g/mol. The number of likely N-dealkylation sites (tertiary alicyclic amines) is 1. The molecule has 122 valence electrons. The molecule has 22 heavy (non-hydrogen) atoms. The first kappa shape index (κ1) is 16.7. The van der Waals surface area contributed by atoms with Crippen LogP contribution in [0.15, 0.2) is 12.1 Å². The molecule has 1 saturated heterocycles. The van der Waals surface area contributed by atoms with Gasteiger partial charge in [0.05, 0.1) is 5.60 Å². The van der Waals surface area contributed by atoms with Crippen molar-refractivity contribution in [3.8, 4) is 0 Å². The van der Waals surface area contributed by atoms with E-state index in [1.807, 2.05) is 6.07 Å². The molecular formula is C18H25FINO. The quantitative estimate of drug-likeness (QED) is 0.584. The lowest BCUT2D eigenvalue weighted by Gasteiger charge is -2.46. The third-order valence-electron chi connectivity index (χ3n) is 5.80. The van der Waals surface area contributed by atoms with Gasteiger partial charge in [-0.3, -0.25) is 0 Å². The Bertz CT molecular complexity index is 581. The maximum Gasteiger partial charge on any atom is 0.127 e. The van der Waals surface area contributed by atoms with Gasteiger partial charge in [0.25, 0.3) is 0 Å². The highest BCUT2D eigenvalue weighted by molar-refractivity contribution is 14.1. The van der Waals surface area contributed by atoms with Gasteiger partial charge in [-0.25, -0.2) is 4.39 Å². The minimum Gasteiger partial charge on any atom is -0.384 e. The number of hydrogen-bond acceptors (Lipinski definition) is 2. The van der Waals surface area contributed by atoms with Crippen LogP contribution >= 0.6 is 22.6 Å². The largest absolute Gasteiger partial charge is 0.384 e. The van der Waals surface area contributed by atoms with Crippen molar-refractivity contribution < 1.29 is 9.50 Å². The molecule has 1 aromatic rings. The predicted octanol–water partition coefficient (Wildman–Crippen LogP) is 3.87. The summed E-state index contributed by atoms with van der Waals surface area (Å²) in [5, 5.41) is 11.7. The molecule has 0 amide bonds. The van der Waals surface area contributed by atoms with Gasteiger partial charge in [-0.1, -0.05) is 36.4 Å². The third kappa shape index (κ3) is 2.42.